The summed E-state index contributed by atoms with van der Waals surface area (Å²) in [5.74, 6) is 0. The summed E-state index contributed by atoms with van der Waals surface area (Å²) in [6.07, 6.45) is -4.26. The molecule has 0 aromatic carbocycles. The lowest BCUT2D eigenvalue weighted by Crippen LogP contribution is -2.27. The molecule has 0 heterocycles. The largest absolute Gasteiger partial charge is 0.411 e. The van der Waals surface area contributed by atoms with Crippen LogP contribution in [0.4, 0.5) is 13.2 Å². The lowest BCUT2D eigenvalue weighted by molar-refractivity contribution is -0.192. The molecule has 4 heteroatoms. The van der Waals surface area contributed by atoms with Crippen LogP contribution in [0.5, 0.6) is 0 Å². The van der Waals surface area contributed by atoms with Gasteiger partial charge in [0.05, 0.1) is 5.60 Å². The average molecular weight is 155 g/mol. The predicted molar refractivity (Wildman–Crippen MR) is 31.4 cm³/mol. The molecule has 1 nitrogen and oxygen atoms in total. The third-order valence-corrected chi connectivity index (χ3v) is 0.627. The molecule has 0 saturated carbocycles. The van der Waals surface area contributed by atoms with E-state index < -0.39 is 18.4 Å². The molecule has 0 fully saturated rings. The minimum absolute atomic E-state index is 0.963. The molecule has 0 N–H and O–H groups in total. The molecule has 0 saturated heterocycles. The van der Waals surface area contributed by atoms with Crippen molar-refractivity contribution < 1.29 is 17.9 Å². The van der Waals surface area contributed by atoms with Crippen LogP contribution >= 0.6 is 0 Å². The molecule has 10 heavy (non-hydrogen) atoms. The molecule has 0 aliphatic heterocycles. The normalized spacial score (nSPS) is 13.8. The molecule has 0 atom stereocenters. The summed E-state index contributed by atoms with van der Waals surface area (Å²) in [6.45, 7) is 5.06. The lowest BCUT2D eigenvalue weighted by Gasteiger charge is -2.20. The highest BCUT2D eigenvalue weighted by molar-refractivity contribution is 4.70. The maximum absolute atomic E-state index is 11.4. The van der Waals surface area contributed by atoms with E-state index in [0.29, 0.717) is 0 Å². The minimum atomic E-state index is -4.26. The second-order valence-corrected chi connectivity index (χ2v) is 2.66. The van der Waals surface area contributed by atoms with Crippen molar-refractivity contribution in [1.82, 2.24) is 0 Å². The highest BCUT2D eigenvalue weighted by Crippen LogP contribution is 2.18. The molecule has 0 aromatic heterocycles. The Labute approximate surface area is 58.2 Å². The average Bonchev–Trinajstić information content (AvgIpc) is 1.57. The zero-order valence-electron chi connectivity index (χ0n) is 5.96. The molecule has 0 spiro atoms. The minimum Gasteiger partial charge on any atom is -0.366 e. The summed E-state index contributed by atoms with van der Waals surface area (Å²) in [5, 5.41) is 0. The summed E-state index contributed by atoms with van der Waals surface area (Å²) < 4.78 is 38.7. The molecular formula is C6H10F3O. The zero-order chi connectivity index (χ0) is 8.41. The Morgan fingerprint density at radius 1 is 1.30 bits per heavy atom. The van der Waals surface area contributed by atoms with E-state index in [9.17, 15) is 13.2 Å². The first kappa shape index (κ1) is 9.75. The maximum atomic E-state index is 11.4. The van der Waals surface area contributed by atoms with Crippen LogP contribution in [-0.2, 0) is 4.74 Å². The van der Waals surface area contributed by atoms with Crippen LogP contribution in [0.3, 0.4) is 0 Å². The van der Waals surface area contributed by atoms with E-state index in [-0.39, 0.29) is 0 Å². The van der Waals surface area contributed by atoms with E-state index in [1.807, 2.05) is 0 Å². The van der Waals surface area contributed by atoms with Crippen molar-refractivity contribution in [3.63, 3.8) is 0 Å². The molecule has 0 aliphatic carbocycles. The second kappa shape index (κ2) is 2.78. The van der Waals surface area contributed by atoms with Gasteiger partial charge in [0.15, 0.2) is 0 Å². The first-order chi connectivity index (χ1) is 4.21. The number of hydrogen-bond donors (Lipinski definition) is 0. The molecular weight excluding hydrogens is 145 g/mol. The van der Waals surface area contributed by atoms with Gasteiger partial charge in [-0.25, -0.2) is 0 Å². The van der Waals surface area contributed by atoms with E-state index in [4.69, 9.17) is 0 Å². The smallest absolute Gasteiger partial charge is 0.366 e. The van der Waals surface area contributed by atoms with Crippen molar-refractivity contribution in [2.24, 2.45) is 0 Å². The van der Waals surface area contributed by atoms with Crippen LogP contribution in [0.1, 0.15) is 13.8 Å². The van der Waals surface area contributed by atoms with Gasteiger partial charge in [-0.2, -0.15) is 13.2 Å². The van der Waals surface area contributed by atoms with Gasteiger partial charge < -0.3 is 4.74 Å². The first-order valence-corrected chi connectivity index (χ1v) is 2.77. The van der Waals surface area contributed by atoms with Gasteiger partial charge in [0.25, 0.3) is 0 Å². The van der Waals surface area contributed by atoms with Gasteiger partial charge in [0.1, 0.15) is 6.61 Å². The Hall–Kier alpha value is -0.250. The highest BCUT2D eigenvalue weighted by atomic mass is 19.4. The van der Waals surface area contributed by atoms with Crippen molar-refractivity contribution in [3.05, 3.63) is 6.92 Å². The monoisotopic (exact) mass is 155 g/mol. The van der Waals surface area contributed by atoms with Gasteiger partial charge in [-0.15, -0.1) is 0 Å². The fourth-order valence-electron chi connectivity index (χ4n) is 0.277. The van der Waals surface area contributed by atoms with E-state index in [0.717, 1.165) is 0 Å². The van der Waals surface area contributed by atoms with Crippen molar-refractivity contribution >= 4 is 0 Å². The fraction of sp³-hybridized carbons (Fsp3) is 0.833. The molecule has 61 valence electrons. The topological polar surface area (TPSA) is 9.23 Å². The SMILES string of the molecule is [CH2]C(C)(C)OCC(F)(F)F. The van der Waals surface area contributed by atoms with Crippen LogP contribution in [0.2, 0.25) is 0 Å². The maximum Gasteiger partial charge on any atom is 0.411 e. The summed E-state index contributed by atoms with van der Waals surface area (Å²) in [5.41, 5.74) is -0.963. The van der Waals surface area contributed by atoms with Gasteiger partial charge in [0, 0.05) is 0 Å². The highest BCUT2D eigenvalue weighted by Gasteiger charge is 2.30. The third-order valence-electron chi connectivity index (χ3n) is 0.627. The number of hydrogen-bond acceptors (Lipinski definition) is 1. The number of ether oxygens (including phenoxy) is 1. The Bertz CT molecular complexity index is 86.5. The van der Waals surface area contributed by atoms with E-state index in [1.54, 1.807) is 0 Å². The van der Waals surface area contributed by atoms with E-state index >= 15 is 0 Å². The second-order valence-electron chi connectivity index (χ2n) is 2.66. The van der Waals surface area contributed by atoms with Crippen LogP contribution in [-0.4, -0.2) is 18.4 Å². The number of halogens is 3. The van der Waals surface area contributed by atoms with Crippen molar-refractivity contribution in [2.45, 2.75) is 25.6 Å². The summed E-state index contributed by atoms with van der Waals surface area (Å²) in [7, 11) is 0. The Kier molecular flexibility index (Phi) is 2.71. The van der Waals surface area contributed by atoms with E-state index in [2.05, 4.69) is 11.7 Å². The summed E-state index contributed by atoms with van der Waals surface area (Å²) >= 11 is 0. The molecule has 0 bridgehead atoms. The standard InChI is InChI=1S/C6H10F3O/c1-5(2,3)10-4-6(7,8)9/h1,4H2,2-3H3. The molecule has 0 aliphatic rings. The van der Waals surface area contributed by atoms with Gasteiger partial charge in [0.2, 0.25) is 0 Å². The van der Waals surface area contributed by atoms with Crippen molar-refractivity contribution in [3.8, 4) is 0 Å². The van der Waals surface area contributed by atoms with E-state index in [1.165, 1.54) is 13.8 Å². The van der Waals surface area contributed by atoms with Gasteiger partial charge in [-0.05, 0) is 20.8 Å². The van der Waals surface area contributed by atoms with Crippen molar-refractivity contribution in [2.75, 3.05) is 6.61 Å². The molecule has 0 amide bonds. The first-order valence-electron chi connectivity index (χ1n) is 2.77. The van der Waals surface area contributed by atoms with Gasteiger partial charge in [-0.3, -0.25) is 0 Å². The fourth-order valence-corrected chi connectivity index (χ4v) is 0.277. The van der Waals surface area contributed by atoms with Crippen LogP contribution in [0.25, 0.3) is 0 Å². The van der Waals surface area contributed by atoms with Gasteiger partial charge in [-0.1, -0.05) is 0 Å². The molecule has 0 aromatic rings. The van der Waals surface area contributed by atoms with Crippen LogP contribution in [0.15, 0.2) is 0 Å². The zero-order valence-corrected chi connectivity index (χ0v) is 5.96. The lowest BCUT2D eigenvalue weighted by atomic mass is 10.2. The van der Waals surface area contributed by atoms with Crippen LogP contribution in [0, 0.1) is 6.92 Å². The quantitative estimate of drug-likeness (QED) is 0.593. The molecule has 0 unspecified atom stereocenters. The van der Waals surface area contributed by atoms with Crippen molar-refractivity contribution in [1.29, 1.82) is 0 Å². The Morgan fingerprint density at radius 2 is 1.70 bits per heavy atom. The number of rotatable bonds is 2. The Balaban J connectivity index is 3.56. The predicted octanol–water partition coefficient (Wildman–Crippen LogP) is 2.18. The van der Waals surface area contributed by atoms with Gasteiger partial charge >= 0.3 is 6.18 Å². The third kappa shape index (κ3) is 7.75. The number of alkyl halides is 3. The summed E-state index contributed by atoms with van der Waals surface area (Å²) in [4.78, 5) is 0. The Morgan fingerprint density at radius 3 is 1.80 bits per heavy atom. The summed E-state index contributed by atoms with van der Waals surface area (Å²) in [6, 6.07) is 0. The molecule has 1 radical (unpaired) electrons. The van der Waals surface area contributed by atoms with Crippen LogP contribution < -0.4 is 0 Å². The molecule has 0 rings (SSSR count).